The topological polar surface area (TPSA) is 94.6 Å². The van der Waals surface area contributed by atoms with Crippen molar-refractivity contribution in [3.8, 4) is 0 Å². The fraction of sp³-hybridized carbons (Fsp3) is 0.500. The molecule has 0 unspecified atom stereocenters. The van der Waals surface area contributed by atoms with E-state index in [0.29, 0.717) is 22.1 Å². The SMILES string of the molecule is Cc1ccc(NC(=O)Nc2nc(CC(=O)N3CCN(C)CC3)cs2)c(C(=O)C2CCCC2)c1.Cl. The molecule has 1 saturated heterocycles. The van der Waals surface area contributed by atoms with Crippen molar-refractivity contribution in [3.05, 3.63) is 40.4 Å². The lowest BCUT2D eigenvalue weighted by atomic mass is 9.94. The highest BCUT2D eigenvalue weighted by Crippen LogP contribution is 2.31. The van der Waals surface area contributed by atoms with Crippen LogP contribution in [-0.2, 0) is 11.2 Å². The van der Waals surface area contributed by atoms with Crippen molar-refractivity contribution in [2.24, 2.45) is 5.92 Å². The van der Waals surface area contributed by atoms with Crippen molar-refractivity contribution >= 4 is 52.3 Å². The molecule has 2 aromatic rings. The minimum absolute atomic E-state index is 0. The van der Waals surface area contributed by atoms with Gasteiger partial charge in [-0.15, -0.1) is 23.7 Å². The van der Waals surface area contributed by atoms with Gasteiger partial charge in [-0.2, -0.15) is 0 Å². The Morgan fingerprint density at radius 1 is 1.09 bits per heavy atom. The molecule has 4 rings (SSSR count). The number of amides is 3. The number of likely N-dealkylation sites (N-methyl/N-ethyl adjacent to an activating group) is 1. The second kappa shape index (κ2) is 11.8. The van der Waals surface area contributed by atoms with E-state index in [4.69, 9.17) is 0 Å². The molecule has 2 heterocycles. The normalized spacial score (nSPS) is 16.7. The van der Waals surface area contributed by atoms with Gasteiger partial charge in [0.15, 0.2) is 10.9 Å². The molecule has 0 atom stereocenters. The number of aromatic nitrogens is 1. The highest BCUT2D eigenvalue weighted by atomic mass is 35.5. The molecule has 0 spiro atoms. The van der Waals surface area contributed by atoms with Gasteiger partial charge in [0.25, 0.3) is 0 Å². The van der Waals surface area contributed by atoms with Gasteiger partial charge in [-0.3, -0.25) is 14.9 Å². The fourth-order valence-corrected chi connectivity index (χ4v) is 5.10. The largest absolute Gasteiger partial charge is 0.340 e. The molecule has 1 aliphatic carbocycles. The second-order valence-corrected chi connectivity index (χ2v) is 9.84. The van der Waals surface area contributed by atoms with Gasteiger partial charge >= 0.3 is 6.03 Å². The predicted molar refractivity (Wildman–Crippen MR) is 137 cm³/mol. The van der Waals surface area contributed by atoms with E-state index in [-0.39, 0.29) is 36.4 Å². The molecule has 0 radical (unpaired) electrons. The lowest BCUT2D eigenvalue weighted by Crippen LogP contribution is -2.47. The van der Waals surface area contributed by atoms with Crippen LogP contribution in [0.25, 0.3) is 0 Å². The maximum atomic E-state index is 13.0. The molecule has 184 valence electrons. The average molecular weight is 506 g/mol. The molecule has 1 saturated carbocycles. The van der Waals surface area contributed by atoms with Crippen molar-refractivity contribution in [1.29, 1.82) is 0 Å². The number of anilines is 2. The molecule has 34 heavy (non-hydrogen) atoms. The number of hydrogen-bond donors (Lipinski definition) is 2. The Morgan fingerprint density at radius 3 is 2.50 bits per heavy atom. The van der Waals surface area contributed by atoms with Crippen LogP contribution in [-0.4, -0.2) is 65.7 Å². The Kier molecular flexibility index (Phi) is 9.04. The first-order valence-electron chi connectivity index (χ1n) is 11.5. The van der Waals surface area contributed by atoms with Crippen LogP contribution in [0.15, 0.2) is 23.6 Å². The smallest absolute Gasteiger partial charge is 0.325 e. The van der Waals surface area contributed by atoms with Crippen molar-refractivity contribution in [2.45, 2.75) is 39.0 Å². The van der Waals surface area contributed by atoms with Gasteiger partial charge in [0.1, 0.15) is 0 Å². The van der Waals surface area contributed by atoms with E-state index in [2.05, 4.69) is 27.6 Å². The minimum atomic E-state index is -0.453. The lowest BCUT2D eigenvalue weighted by Gasteiger charge is -2.32. The Morgan fingerprint density at radius 2 is 1.79 bits per heavy atom. The molecule has 0 bridgehead atoms. The summed E-state index contributed by atoms with van der Waals surface area (Å²) >= 11 is 1.28. The summed E-state index contributed by atoms with van der Waals surface area (Å²) in [6, 6.07) is 5.05. The van der Waals surface area contributed by atoms with E-state index >= 15 is 0 Å². The number of ketones is 1. The van der Waals surface area contributed by atoms with Crippen LogP contribution in [0.4, 0.5) is 15.6 Å². The van der Waals surface area contributed by atoms with E-state index in [9.17, 15) is 14.4 Å². The summed E-state index contributed by atoms with van der Waals surface area (Å²) in [7, 11) is 2.05. The van der Waals surface area contributed by atoms with Gasteiger partial charge in [-0.1, -0.05) is 24.5 Å². The number of piperazine rings is 1. The van der Waals surface area contributed by atoms with E-state index in [1.165, 1.54) is 11.3 Å². The van der Waals surface area contributed by atoms with Crippen molar-refractivity contribution in [2.75, 3.05) is 43.9 Å². The fourth-order valence-electron chi connectivity index (χ4n) is 4.40. The van der Waals surface area contributed by atoms with E-state index in [0.717, 1.165) is 57.4 Å². The summed E-state index contributed by atoms with van der Waals surface area (Å²) in [5, 5.41) is 7.76. The van der Waals surface area contributed by atoms with Crippen LogP contribution < -0.4 is 10.6 Å². The number of nitrogens with one attached hydrogen (secondary N) is 2. The Labute approximate surface area is 210 Å². The highest BCUT2D eigenvalue weighted by Gasteiger charge is 2.26. The number of nitrogens with zero attached hydrogens (tertiary/aromatic N) is 3. The Bertz CT molecular complexity index is 1030. The highest BCUT2D eigenvalue weighted by molar-refractivity contribution is 7.14. The molecule has 2 N–H and O–H groups in total. The summed E-state index contributed by atoms with van der Waals surface area (Å²) in [6.07, 6.45) is 4.20. The van der Waals surface area contributed by atoms with Crippen molar-refractivity contribution in [1.82, 2.24) is 14.8 Å². The van der Waals surface area contributed by atoms with Gasteiger partial charge in [0.2, 0.25) is 5.91 Å². The van der Waals surface area contributed by atoms with E-state index in [1.807, 2.05) is 24.0 Å². The summed E-state index contributed by atoms with van der Waals surface area (Å²) in [4.78, 5) is 46.6. The number of rotatable bonds is 6. The van der Waals surface area contributed by atoms with E-state index < -0.39 is 6.03 Å². The zero-order valence-electron chi connectivity index (χ0n) is 19.6. The first-order chi connectivity index (χ1) is 15.9. The summed E-state index contributed by atoms with van der Waals surface area (Å²) in [5.74, 6) is 0.194. The first kappa shape index (κ1) is 26.1. The number of urea groups is 1. The zero-order valence-corrected chi connectivity index (χ0v) is 21.3. The number of thiazole rings is 1. The number of carbonyl (C=O) groups is 3. The Hall–Kier alpha value is -2.49. The molecule has 1 aliphatic heterocycles. The standard InChI is InChI=1S/C24H31N5O3S.ClH/c1-16-7-8-20(19(13-16)22(31)17-5-3-4-6-17)26-23(32)27-24-25-18(15-33-24)14-21(30)29-11-9-28(2)10-12-29;/h7-8,13,15,17H,3-6,9-12,14H2,1-2H3,(H2,25,26,27,32);1H. The number of Topliss-reactive ketones (excluding diaryl/α,β-unsaturated/α-hetero) is 1. The third kappa shape index (κ3) is 6.55. The molecule has 8 nitrogen and oxygen atoms in total. The number of aryl methyl sites for hydroxylation is 1. The monoisotopic (exact) mass is 505 g/mol. The number of hydrogen-bond acceptors (Lipinski definition) is 6. The maximum Gasteiger partial charge on any atom is 0.325 e. The number of halogens is 1. The lowest BCUT2D eigenvalue weighted by molar-refractivity contribution is -0.132. The quantitative estimate of drug-likeness (QED) is 0.573. The van der Waals surface area contributed by atoms with Gasteiger partial charge in [0, 0.05) is 43.0 Å². The Balaban J connectivity index is 0.00000324. The molecular weight excluding hydrogens is 474 g/mol. The van der Waals surface area contributed by atoms with Crippen LogP contribution in [0.5, 0.6) is 0 Å². The number of carbonyl (C=O) groups excluding carboxylic acids is 3. The summed E-state index contributed by atoms with van der Waals surface area (Å²) in [6.45, 7) is 5.15. The predicted octanol–water partition coefficient (Wildman–Crippen LogP) is 4.21. The van der Waals surface area contributed by atoms with Gasteiger partial charge in [-0.25, -0.2) is 9.78 Å². The second-order valence-electron chi connectivity index (χ2n) is 8.98. The molecule has 2 fully saturated rings. The van der Waals surface area contributed by atoms with Crippen LogP contribution in [0, 0.1) is 12.8 Å². The minimum Gasteiger partial charge on any atom is -0.340 e. The van der Waals surface area contributed by atoms with Crippen molar-refractivity contribution in [3.63, 3.8) is 0 Å². The van der Waals surface area contributed by atoms with Gasteiger partial charge in [-0.05, 0) is 38.9 Å². The molecule has 10 heteroatoms. The average Bonchev–Trinajstić information content (AvgIpc) is 3.47. The molecule has 2 aliphatic rings. The summed E-state index contributed by atoms with van der Waals surface area (Å²) in [5.41, 5.74) is 2.70. The van der Waals surface area contributed by atoms with E-state index in [1.54, 1.807) is 11.4 Å². The molecule has 1 aromatic carbocycles. The van der Waals surface area contributed by atoms with Crippen LogP contribution in [0.1, 0.15) is 47.3 Å². The third-order valence-electron chi connectivity index (χ3n) is 6.38. The first-order valence-corrected chi connectivity index (χ1v) is 12.4. The summed E-state index contributed by atoms with van der Waals surface area (Å²) < 4.78 is 0. The van der Waals surface area contributed by atoms with Gasteiger partial charge in [0.05, 0.1) is 17.8 Å². The zero-order chi connectivity index (χ0) is 23.4. The van der Waals surface area contributed by atoms with Crippen molar-refractivity contribution < 1.29 is 14.4 Å². The van der Waals surface area contributed by atoms with Crippen LogP contribution in [0.3, 0.4) is 0 Å². The molecule has 1 aromatic heterocycles. The third-order valence-corrected chi connectivity index (χ3v) is 7.18. The van der Waals surface area contributed by atoms with Crippen LogP contribution in [0.2, 0.25) is 0 Å². The number of benzene rings is 1. The van der Waals surface area contributed by atoms with Gasteiger partial charge < -0.3 is 15.1 Å². The van der Waals surface area contributed by atoms with Crippen LogP contribution >= 0.6 is 23.7 Å². The maximum absolute atomic E-state index is 13.0. The molecular formula is C24H32ClN5O3S. The molecule has 3 amide bonds.